The molecule has 3 nitrogen and oxygen atoms in total. The van der Waals surface area contributed by atoms with E-state index >= 15 is 0 Å². The number of hydrogen-bond acceptors (Lipinski definition) is 3. The Morgan fingerprint density at radius 2 is 1.76 bits per heavy atom. The summed E-state index contributed by atoms with van der Waals surface area (Å²) in [5.41, 5.74) is 1.63. The number of carbonyl (C=O) groups excluding carboxylic acids is 1. The number of methoxy groups -OCH3 is 1. The van der Waals surface area contributed by atoms with Crippen molar-refractivity contribution in [2.24, 2.45) is 57.2 Å². The molecule has 4 rings (SSSR count). The summed E-state index contributed by atoms with van der Waals surface area (Å²) in [6, 6.07) is 2.46. The summed E-state index contributed by atoms with van der Waals surface area (Å²) in [7, 11) is 1.60. The molecule has 0 bridgehead atoms. The Kier molecular flexibility index (Phi) is 6.58. The smallest absolute Gasteiger partial charge is 0.312 e. The fourth-order valence-electron chi connectivity index (χ4n) is 10.8. The Labute approximate surface area is 209 Å². The van der Waals surface area contributed by atoms with Crippen molar-refractivity contribution in [3.05, 3.63) is 12.2 Å². The van der Waals surface area contributed by atoms with Crippen molar-refractivity contribution in [3.63, 3.8) is 0 Å². The molecule has 0 heterocycles. The summed E-state index contributed by atoms with van der Waals surface area (Å²) in [5.74, 6) is 3.42. The molecular formula is C31H49NO2. The summed E-state index contributed by atoms with van der Waals surface area (Å²) >= 11 is 0. The summed E-state index contributed by atoms with van der Waals surface area (Å²) in [5, 5.41) is 9.51. The van der Waals surface area contributed by atoms with Crippen LogP contribution in [0.15, 0.2) is 12.2 Å². The van der Waals surface area contributed by atoms with Crippen LogP contribution < -0.4 is 0 Å². The zero-order valence-corrected chi connectivity index (χ0v) is 23.0. The van der Waals surface area contributed by atoms with Crippen molar-refractivity contribution in [2.45, 2.75) is 106 Å². The van der Waals surface area contributed by atoms with Crippen LogP contribution in [0.1, 0.15) is 106 Å². The number of nitrogens with zero attached hydrogens (tertiary/aromatic N) is 1. The van der Waals surface area contributed by atoms with Crippen LogP contribution in [-0.4, -0.2) is 13.1 Å². The number of allylic oxidation sites excluding steroid dienone is 1. The molecule has 0 N–H and O–H groups in total. The molecule has 0 spiro atoms. The first kappa shape index (κ1) is 25.8. The molecule has 0 saturated heterocycles. The molecule has 0 amide bonds. The van der Waals surface area contributed by atoms with E-state index in [1.807, 2.05) is 0 Å². The summed E-state index contributed by atoms with van der Waals surface area (Å²) in [4.78, 5) is 13.4. The first-order valence-corrected chi connectivity index (χ1v) is 14.0. The van der Waals surface area contributed by atoms with Crippen molar-refractivity contribution >= 4 is 5.97 Å². The summed E-state index contributed by atoms with van der Waals surface area (Å²) < 4.78 is 5.51. The third-order valence-electron chi connectivity index (χ3n) is 12.6. The van der Waals surface area contributed by atoms with Gasteiger partial charge in [-0.05, 0) is 116 Å². The van der Waals surface area contributed by atoms with Crippen molar-refractivity contribution in [1.82, 2.24) is 0 Å². The third-order valence-corrected chi connectivity index (χ3v) is 12.6. The van der Waals surface area contributed by atoms with E-state index in [2.05, 4.69) is 54.2 Å². The molecule has 4 aliphatic rings. The zero-order valence-electron chi connectivity index (χ0n) is 23.0. The van der Waals surface area contributed by atoms with Crippen molar-refractivity contribution in [2.75, 3.05) is 7.11 Å². The highest BCUT2D eigenvalue weighted by molar-refractivity contribution is 5.78. The lowest BCUT2D eigenvalue weighted by Crippen LogP contribution is -2.64. The van der Waals surface area contributed by atoms with E-state index in [-0.39, 0.29) is 27.6 Å². The van der Waals surface area contributed by atoms with Gasteiger partial charge in [-0.3, -0.25) is 4.79 Å². The highest BCUT2D eigenvalue weighted by atomic mass is 16.5. The Morgan fingerprint density at radius 3 is 2.35 bits per heavy atom. The minimum absolute atomic E-state index is 0.0693. The molecule has 9 atom stereocenters. The van der Waals surface area contributed by atoms with Gasteiger partial charge in [-0.2, -0.15) is 5.26 Å². The van der Waals surface area contributed by atoms with Crippen LogP contribution in [-0.2, 0) is 9.53 Å². The number of nitriles is 1. The van der Waals surface area contributed by atoms with E-state index < -0.39 is 0 Å². The average Bonchev–Trinajstić information content (AvgIpc) is 3.19. The van der Waals surface area contributed by atoms with Gasteiger partial charge in [0.2, 0.25) is 0 Å². The standard InChI is InChI=1S/C31H49NO2/c1-20(2)22-12-16-31(27(33)34-8)18-17-29(6)24(26(22)31)10-11-25-28(5,14-9-19-32)23(21(3)4)13-15-30(25,29)7/h20,22-26H,3,9-18H2,1-2,4-8H3/t22-,23+,24-,25-,26-,28+,29+,30-,31+/m0/s1. The summed E-state index contributed by atoms with van der Waals surface area (Å²) in [6.45, 7) is 19.1. The van der Waals surface area contributed by atoms with Crippen LogP contribution in [0.3, 0.4) is 0 Å². The van der Waals surface area contributed by atoms with Gasteiger partial charge in [-0.15, -0.1) is 0 Å². The van der Waals surface area contributed by atoms with E-state index in [1.165, 1.54) is 37.7 Å². The van der Waals surface area contributed by atoms with Crippen LogP contribution in [0.25, 0.3) is 0 Å². The SMILES string of the molecule is C=C(C)[C@H]1CC[C@@]2(C)[C@@H](CC[C@H]3[C@@H]4[C@H](C(C)C)CC[C@@]4(C(=O)OC)CC[C@]32C)[C@]1(C)CCC#N. The maximum absolute atomic E-state index is 13.4. The first-order valence-electron chi connectivity index (χ1n) is 14.0. The summed E-state index contributed by atoms with van der Waals surface area (Å²) in [6.07, 6.45) is 10.8. The average molecular weight is 468 g/mol. The quantitative estimate of drug-likeness (QED) is 0.304. The molecule has 4 fully saturated rings. The zero-order chi connectivity index (χ0) is 25.1. The second kappa shape index (κ2) is 8.67. The van der Waals surface area contributed by atoms with Gasteiger partial charge in [0.05, 0.1) is 18.6 Å². The van der Waals surface area contributed by atoms with Crippen LogP contribution in [0.5, 0.6) is 0 Å². The molecule has 0 aromatic carbocycles. The number of esters is 1. The number of ether oxygens (including phenoxy) is 1. The lowest BCUT2D eigenvalue weighted by molar-refractivity contribution is -0.222. The van der Waals surface area contributed by atoms with Gasteiger partial charge >= 0.3 is 5.97 Å². The predicted octanol–water partition coefficient (Wildman–Crippen LogP) is 7.96. The first-order chi connectivity index (χ1) is 15.9. The molecule has 0 aromatic rings. The van der Waals surface area contributed by atoms with Crippen molar-refractivity contribution < 1.29 is 9.53 Å². The van der Waals surface area contributed by atoms with Gasteiger partial charge in [-0.1, -0.05) is 46.8 Å². The number of hydrogen-bond donors (Lipinski definition) is 0. The molecule has 0 aliphatic heterocycles. The molecule has 190 valence electrons. The number of carbonyl (C=O) groups is 1. The van der Waals surface area contributed by atoms with Crippen LogP contribution in [0.4, 0.5) is 0 Å². The number of fused-ring (bicyclic) bond motifs is 5. The van der Waals surface area contributed by atoms with Gasteiger partial charge in [0.15, 0.2) is 0 Å². The van der Waals surface area contributed by atoms with Crippen LogP contribution in [0, 0.1) is 68.5 Å². The highest BCUT2D eigenvalue weighted by Gasteiger charge is 2.70. The lowest BCUT2D eigenvalue weighted by atomic mass is 9.34. The molecule has 4 aliphatic carbocycles. The van der Waals surface area contributed by atoms with E-state index in [4.69, 9.17) is 4.74 Å². The van der Waals surface area contributed by atoms with Crippen LogP contribution >= 0.6 is 0 Å². The Balaban J connectivity index is 1.78. The topological polar surface area (TPSA) is 50.1 Å². The molecule has 0 radical (unpaired) electrons. The maximum Gasteiger partial charge on any atom is 0.312 e. The Bertz CT molecular complexity index is 871. The van der Waals surface area contributed by atoms with Gasteiger partial charge in [-0.25, -0.2) is 0 Å². The Morgan fingerprint density at radius 1 is 1.06 bits per heavy atom. The largest absolute Gasteiger partial charge is 0.469 e. The van der Waals surface area contributed by atoms with E-state index in [9.17, 15) is 10.1 Å². The maximum atomic E-state index is 13.4. The van der Waals surface area contributed by atoms with Gasteiger partial charge in [0, 0.05) is 6.42 Å². The fraction of sp³-hybridized carbons (Fsp3) is 0.871. The second-order valence-corrected chi connectivity index (χ2v) is 13.8. The Hall–Kier alpha value is -1.30. The highest BCUT2D eigenvalue weighted by Crippen LogP contribution is 2.76. The minimum Gasteiger partial charge on any atom is -0.469 e. The fourth-order valence-corrected chi connectivity index (χ4v) is 10.8. The van der Waals surface area contributed by atoms with E-state index in [0.29, 0.717) is 41.9 Å². The molecule has 34 heavy (non-hydrogen) atoms. The van der Waals surface area contributed by atoms with Crippen molar-refractivity contribution in [1.29, 1.82) is 5.26 Å². The molecule has 4 saturated carbocycles. The van der Waals surface area contributed by atoms with E-state index in [1.54, 1.807) is 7.11 Å². The normalized spacial score (nSPS) is 47.8. The van der Waals surface area contributed by atoms with Gasteiger partial charge in [0.1, 0.15) is 0 Å². The molecular weight excluding hydrogens is 418 g/mol. The number of rotatable bonds is 5. The minimum atomic E-state index is -0.268. The van der Waals surface area contributed by atoms with Gasteiger partial charge in [0.25, 0.3) is 0 Å². The van der Waals surface area contributed by atoms with Crippen LogP contribution in [0.2, 0.25) is 0 Å². The molecule has 0 unspecified atom stereocenters. The molecule has 3 heteroatoms. The second-order valence-electron chi connectivity index (χ2n) is 13.8. The third kappa shape index (κ3) is 3.29. The van der Waals surface area contributed by atoms with Gasteiger partial charge < -0.3 is 4.74 Å². The lowest BCUT2D eigenvalue weighted by Gasteiger charge is -2.70. The van der Waals surface area contributed by atoms with Crippen molar-refractivity contribution in [3.8, 4) is 6.07 Å². The predicted molar refractivity (Wildman–Crippen MR) is 138 cm³/mol. The molecule has 0 aromatic heterocycles. The van der Waals surface area contributed by atoms with E-state index in [0.717, 1.165) is 25.7 Å². The monoisotopic (exact) mass is 467 g/mol.